The third-order valence-electron chi connectivity index (χ3n) is 4.11. The molecule has 1 saturated heterocycles. The van der Waals surface area contributed by atoms with Gasteiger partial charge >= 0.3 is 5.97 Å². The van der Waals surface area contributed by atoms with Crippen molar-refractivity contribution in [2.75, 3.05) is 6.54 Å². The molecule has 0 radical (unpaired) electrons. The highest BCUT2D eigenvalue weighted by Crippen LogP contribution is 2.24. The minimum atomic E-state index is -0.956. The normalized spacial score (nSPS) is 21.0. The molecule has 0 spiro atoms. The van der Waals surface area contributed by atoms with Gasteiger partial charge in [0.2, 0.25) is 5.91 Å². The topological polar surface area (TPSA) is 123 Å². The summed E-state index contributed by atoms with van der Waals surface area (Å²) in [6, 6.07) is 1.63. The Balaban J connectivity index is 2.18. The Labute approximate surface area is 131 Å². The number of pyridine rings is 1. The molecule has 124 valence electrons. The van der Waals surface area contributed by atoms with Crippen LogP contribution in [0.5, 0.6) is 0 Å². The Hall–Kier alpha value is -2.71. The van der Waals surface area contributed by atoms with E-state index in [1.54, 1.807) is 6.92 Å². The molecule has 0 saturated carbocycles. The molecule has 0 unspecified atom stereocenters. The quantitative estimate of drug-likeness (QED) is 0.634. The van der Waals surface area contributed by atoms with Gasteiger partial charge in [-0.1, -0.05) is 0 Å². The summed E-state index contributed by atoms with van der Waals surface area (Å²) < 4.78 is 0.970. The average molecular weight is 323 g/mol. The number of carboxylic acids is 1. The lowest BCUT2D eigenvalue weighted by molar-refractivity contribution is -0.385. The van der Waals surface area contributed by atoms with Gasteiger partial charge in [0.1, 0.15) is 6.54 Å². The van der Waals surface area contributed by atoms with Gasteiger partial charge in [-0.15, -0.1) is 0 Å². The summed E-state index contributed by atoms with van der Waals surface area (Å²) >= 11 is 0. The van der Waals surface area contributed by atoms with Crippen molar-refractivity contribution in [2.45, 2.75) is 32.4 Å². The Morgan fingerprint density at radius 1 is 1.43 bits per heavy atom. The van der Waals surface area contributed by atoms with Crippen molar-refractivity contribution in [2.24, 2.45) is 5.92 Å². The maximum absolute atomic E-state index is 12.4. The molecule has 1 aliphatic rings. The summed E-state index contributed by atoms with van der Waals surface area (Å²) in [5, 5.41) is 19.9. The summed E-state index contributed by atoms with van der Waals surface area (Å²) in [7, 11) is 0. The van der Waals surface area contributed by atoms with Crippen LogP contribution >= 0.6 is 0 Å². The fourth-order valence-corrected chi connectivity index (χ4v) is 2.81. The second-order valence-electron chi connectivity index (χ2n) is 5.53. The Bertz CT molecular complexity index is 698. The number of amides is 1. The van der Waals surface area contributed by atoms with Gasteiger partial charge in [-0.25, -0.2) is 0 Å². The zero-order chi connectivity index (χ0) is 17.1. The van der Waals surface area contributed by atoms with Crippen LogP contribution in [0.3, 0.4) is 0 Å². The van der Waals surface area contributed by atoms with Crippen LogP contribution in [0.15, 0.2) is 23.1 Å². The minimum absolute atomic E-state index is 0.285. The monoisotopic (exact) mass is 323 g/mol. The largest absolute Gasteiger partial charge is 0.481 e. The van der Waals surface area contributed by atoms with Crippen molar-refractivity contribution in [3.8, 4) is 0 Å². The van der Waals surface area contributed by atoms with E-state index in [0.717, 1.165) is 22.9 Å². The van der Waals surface area contributed by atoms with E-state index in [4.69, 9.17) is 0 Å². The number of hydrogen-bond acceptors (Lipinski definition) is 5. The third kappa shape index (κ3) is 3.55. The minimum Gasteiger partial charge on any atom is -0.481 e. The molecule has 23 heavy (non-hydrogen) atoms. The van der Waals surface area contributed by atoms with Gasteiger partial charge < -0.3 is 10.0 Å². The number of hydrogen-bond donors (Lipinski definition) is 1. The van der Waals surface area contributed by atoms with E-state index in [1.807, 2.05) is 0 Å². The number of aromatic nitrogens is 1. The lowest BCUT2D eigenvalue weighted by atomic mass is 9.90. The van der Waals surface area contributed by atoms with Crippen LogP contribution in [-0.2, 0) is 16.1 Å². The zero-order valence-electron chi connectivity index (χ0n) is 12.5. The highest BCUT2D eigenvalue weighted by atomic mass is 16.6. The molecule has 2 rings (SSSR count). The number of carboxylic acid groups (broad SMARTS) is 1. The molecule has 1 aromatic heterocycles. The van der Waals surface area contributed by atoms with Crippen molar-refractivity contribution in [1.29, 1.82) is 0 Å². The van der Waals surface area contributed by atoms with Gasteiger partial charge in [0.15, 0.2) is 0 Å². The number of nitrogens with zero attached hydrogens (tertiary/aromatic N) is 3. The lowest BCUT2D eigenvalue weighted by Gasteiger charge is -2.37. The highest BCUT2D eigenvalue weighted by Gasteiger charge is 2.35. The number of likely N-dealkylation sites (tertiary alicyclic amines) is 1. The first-order valence-corrected chi connectivity index (χ1v) is 7.18. The van der Waals surface area contributed by atoms with Crippen LogP contribution in [0.2, 0.25) is 0 Å². The number of aliphatic carboxylic acids is 1. The SMILES string of the molecule is C[C@@H]1[C@H](C(=O)O)CCCN1C(=O)Cn1cc([N+](=O)[O-])ccc1=O. The van der Waals surface area contributed by atoms with Crippen LogP contribution in [0, 0.1) is 16.0 Å². The molecule has 1 fully saturated rings. The maximum atomic E-state index is 12.4. The predicted molar refractivity (Wildman–Crippen MR) is 78.9 cm³/mol. The maximum Gasteiger partial charge on any atom is 0.308 e. The molecule has 2 atom stereocenters. The van der Waals surface area contributed by atoms with Gasteiger partial charge in [0.05, 0.1) is 17.0 Å². The molecule has 1 aromatic rings. The molecule has 0 aromatic carbocycles. The van der Waals surface area contributed by atoms with Crippen LogP contribution in [0.1, 0.15) is 19.8 Å². The fourth-order valence-electron chi connectivity index (χ4n) is 2.81. The van der Waals surface area contributed by atoms with E-state index in [2.05, 4.69) is 0 Å². The third-order valence-corrected chi connectivity index (χ3v) is 4.11. The fraction of sp³-hybridized carbons (Fsp3) is 0.500. The van der Waals surface area contributed by atoms with Gasteiger partial charge in [0.25, 0.3) is 11.2 Å². The summed E-state index contributed by atoms with van der Waals surface area (Å²) in [6.45, 7) is 1.72. The van der Waals surface area contributed by atoms with Crippen molar-refractivity contribution in [1.82, 2.24) is 9.47 Å². The molecule has 1 N–H and O–H groups in total. The number of carbonyl (C=O) groups excluding carboxylic acids is 1. The summed E-state index contributed by atoms with van der Waals surface area (Å²) in [5.74, 6) is -2.02. The van der Waals surface area contributed by atoms with E-state index < -0.39 is 34.3 Å². The number of piperidine rings is 1. The first-order valence-electron chi connectivity index (χ1n) is 7.18. The van der Waals surface area contributed by atoms with Crippen molar-refractivity contribution < 1.29 is 19.6 Å². The summed E-state index contributed by atoms with van der Waals surface area (Å²) in [6.07, 6.45) is 2.08. The molecule has 9 nitrogen and oxygen atoms in total. The number of carbonyl (C=O) groups is 2. The Kier molecular flexibility index (Phi) is 4.77. The Morgan fingerprint density at radius 2 is 2.13 bits per heavy atom. The Morgan fingerprint density at radius 3 is 2.74 bits per heavy atom. The smallest absolute Gasteiger partial charge is 0.308 e. The molecule has 1 amide bonds. The molecule has 2 heterocycles. The molecule has 0 bridgehead atoms. The summed E-state index contributed by atoms with van der Waals surface area (Å²) in [5.41, 5.74) is -0.809. The second-order valence-corrected chi connectivity index (χ2v) is 5.53. The average Bonchev–Trinajstić information content (AvgIpc) is 2.49. The molecule has 0 aliphatic carbocycles. The molecule has 1 aliphatic heterocycles. The lowest BCUT2D eigenvalue weighted by Crippen LogP contribution is -2.50. The van der Waals surface area contributed by atoms with Crippen LogP contribution < -0.4 is 5.56 Å². The first kappa shape index (κ1) is 16.7. The number of rotatable bonds is 4. The van der Waals surface area contributed by atoms with Crippen LogP contribution in [0.25, 0.3) is 0 Å². The standard InChI is InChI=1S/C14H17N3O6/c1-9-11(14(20)21)3-2-6-16(9)13(19)8-15-7-10(17(22)23)4-5-12(15)18/h4-5,7,9,11H,2-3,6,8H2,1H3,(H,20,21)/t9-,11-/m1/s1. The van der Waals surface area contributed by atoms with Crippen molar-refractivity contribution in [3.05, 3.63) is 38.8 Å². The van der Waals surface area contributed by atoms with Crippen LogP contribution in [0.4, 0.5) is 5.69 Å². The summed E-state index contributed by atoms with van der Waals surface area (Å²) in [4.78, 5) is 46.8. The zero-order valence-corrected chi connectivity index (χ0v) is 12.5. The molecular formula is C14H17N3O6. The van der Waals surface area contributed by atoms with E-state index in [0.29, 0.717) is 19.4 Å². The van der Waals surface area contributed by atoms with E-state index in [-0.39, 0.29) is 12.2 Å². The van der Waals surface area contributed by atoms with Gasteiger partial charge in [-0.2, -0.15) is 0 Å². The van der Waals surface area contributed by atoms with Crippen molar-refractivity contribution >= 4 is 17.6 Å². The molecule has 9 heteroatoms. The van der Waals surface area contributed by atoms with Crippen LogP contribution in [-0.4, -0.2) is 44.0 Å². The predicted octanol–water partition coefficient (Wildman–Crippen LogP) is 0.468. The van der Waals surface area contributed by atoms with Gasteiger partial charge in [0, 0.05) is 24.7 Å². The highest BCUT2D eigenvalue weighted by molar-refractivity contribution is 5.78. The van der Waals surface area contributed by atoms with Gasteiger partial charge in [-0.05, 0) is 19.8 Å². The molecular weight excluding hydrogens is 306 g/mol. The van der Waals surface area contributed by atoms with E-state index >= 15 is 0 Å². The second kappa shape index (κ2) is 6.59. The van der Waals surface area contributed by atoms with Crippen molar-refractivity contribution in [3.63, 3.8) is 0 Å². The van der Waals surface area contributed by atoms with E-state index in [1.165, 1.54) is 4.90 Å². The number of nitro groups is 1. The first-order chi connectivity index (χ1) is 10.8. The van der Waals surface area contributed by atoms with Gasteiger partial charge in [-0.3, -0.25) is 29.1 Å². The van der Waals surface area contributed by atoms with E-state index in [9.17, 15) is 29.6 Å².